The highest BCUT2D eigenvalue weighted by Gasteiger charge is 2.14. The number of ketones is 1. The summed E-state index contributed by atoms with van der Waals surface area (Å²) >= 11 is 0. The molecule has 5 heteroatoms. The molecule has 0 amide bonds. The summed E-state index contributed by atoms with van der Waals surface area (Å²) in [6, 6.07) is 5.34. The number of esters is 1. The SMILES string of the molecule is COC(=O)C(=O)C=C(O)c1ccccc1F. The maximum absolute atomic E-state index is 13.1. The number of aliphatic hydroxyl groups excluding tert-OH is 1. The first-order valence-electron chi connectivity index (χ1n) is 4.34. The van der Waals surface area contributed by atoms with Crippen LogP contribution in [-0.2, 0) is 14.3 Å². The minimum absolute atomic E-state index is 0.153. The van der Waals surface area contributed by atoms with Crippen molar-refractivity contribution in [2.75, 3.05) is 7.11 Å². The Labute approximate surface area is 91.0 Å². The largest absolute Gasteiger partial charge is 0.507 e. The minimum atomic E-state index is -1.12. The molecule has 0 aliphatic heterocycles. The van der Waals surface area contributed by atoms with E-state index in [4.69, 9.17) is 0 Å². The molecule has 1 rings (SSSR count). The van der Waals surface area contributed by atoms with E-state index >= 15 is 0 Å². The van der Waals surface area contributed by atoms with Crippen molar-refractivity contribution in [2.24, 2.45) is 0 Å². The van der Waals surface area contributed by atoms with E-state index in [-0.39, 0.29) is 5.56 Å². The van der Waals surface area contributed by atoms with Crippen LogP contribution < -0.4 is 0 Å². The van der Waals surface area contributed by atoms with Crippen LogP contribution in [0.1, 0.15) is 5.56 Å². The molecule has 0 radical (unpaired) electrons. The molecule has 16 heavy (non-hydrogen) atoms. The lowest BCUT2D eigenvalue weighted by atomic mass is 10.1. The molecule has 0 spiro atoms. The van der Waals surface area contributed by atoms with Crippen LogP contribution in [0.25, 0.3) is 5.76 Å². The number of halogens is 1. The number of rotatable bonds is 3. The first kappa shape index (κ1) is 11.9. The van der Waals surface area contributed by atoms with Gasteiger partial charge in [0.25, 0.3) is 5.78 Å². The summed E-state index contributed by atoms with van der Waals surface area (Å²) in [6.45, 7) is 0. The molecule has 0 unspecified atom stereocenters. The van der Waals surface area contributed by atoms with E-state index < -0.39 is 23.3 Å². The molecular formula is C11H9FO4. The molecule has 1 N–H and O–H groups in total. The number of carbonyl (C=O) groups is 2. The molecule has 0 fully saturated rings. The second kappa shape index (κ2) is 5.06. The Morgan fingerprint density at radius 2 is 2.00 bits per heavy atom. The monoisotopic (exact) mass is 224 g/mol. The number of benzene rings is 1. The molecule has 0 saturated heterocycles. The lowest BCUT2D eigenvalue weighted by molar-refractivity contribution is -0.149. The van der Waals surface area contributed by atoms with E-state index in [9.17, 15) is 19.1 Å². The summed E-state index contributed by atoms with van der Waals surface area (Å²) in [5, 5.41) is 9.41. The van der Waals surface area contributed by atoms with Gasteiger partial charge in [0, 0.05) is 6.08 Å². The fourth-order valence-corrected chi connectivity index (χ4v) is 1.03. The molecular weight excluding hydrogens is 215 g/mol. The Morgan fingerprint density at radius 3 is 2.56 bits per heavy atom. The Morgan fingerprint density at radius 1 is 1.38 bits per heavy atom. The fraction of sp³-hybridized carbons (Fsp3) is 0.0909. The molecule has 0 bridgehead atoms. The first-order valence-corrected chi connectivity index (χ1v) is 4.34. The van der Waals surface area contributed by atoms with Gasteiger partial charge in [-0.25, -0.2) is 9.18 Å². The van der Waals surface area contributed by atoms with Crippen LogP contribution in [0.5, 0.6) is 0 Å². The van der Waals surface area contributed by atoms with Crippen LogP contribution in [0.2, 0.25) is 0 Å². The summed E-state index contributed by atoms with van der Waals surface area (Å²) in [6.07, 6.45) is 0.615. The Hall–Kier alpha value is -2.17. The molecule has 1 aromatic rings. The van der Waals surface area contributed by atoms with Gasteiger partial charge in [-0.15, -0.1) is 0 Å². The molecule has 0 atom stereocenters. The molecule has 0 heterocycles. The van der Waals surface area contributed by atoms with Gasteiger partial charge in [-0.2, -0.15) is 0 Å². The van der Waals surface area contributed by atoms with Crippen molar-refractivity contribution >= 4 is 17.5 Å². The zero-order valence-electron chi connectivity index (χ0n) is 8.44. The van der Waals surface area contributed by atoms with Gasteiger partial charge in [-0.3, -0.25) is 4.79 Å². The fourth-order valence-electron chi connectivity index (χ4n) is 1.03. The van der Waals surface area contributed by atoms with Gasteiger partial charge in [-0.05, 0) is 12.1 Å². The minimum Gasteiger partial charge on any atom is -0.507 e. The van der Waals surface area contributed by atoms with Crippen molar-refractivity contribution in [3.05, 3.63) is 41.7 Å². The number of carbonyl (C=O) groups excluding carboxylic acids is 2. The van der Waals surface area contributed by atoms with Gasteiger partial charge in [0.15, 0.2) is 0 Å². The molecule has 4 nitrogen and oxygen atoms in total. The van der Waals surface area contributed by atoms with E-state index in [0.29, 0.717) is 6.08 Å². The summed E-state index contributed by atoms with van der Waals surface area (Å²) in [5.74, 6) is -3.48. The Kier molecular flexibility index (Phi) is 3.77. The van der Waals surface area contributed by atoms with Crippen molar-refractivity contribution in [1.82, 2.24) is 0 Å². The van der Waals surface area contributed by atoms with Gasteiger partial charge in [0.1, 0.15) is 11.6 Å². The lowest BCUT2D eigenvalue weighted by Crippen LogP contribution is -2.13. The highest BCUT2D eigenvalue weighted by atomic mass is 19.1. The van der Waals surface area contributed by atoms with Crippen molar-refractivity contribution in [3.8, 4) is 0 Å². The van der Waals surface area contributed by atoms with Crippen molar-refractivity contribution in [3.63, 3.8) is 0 Å². The van der Waals surface area contributed by atoms with Crippen molar-refractivity contribution < 1.29 is 23.8 Å². The third kappa shape index (κ3) is 2.66. The average Bonchev–Trinajstić information content (AvgIpc) is 2.28. The third-order valence-corrected chi connectivity index (χ3v) is 1.80. The van der Waals surface area contributed by atoms with E-state index in [2.05, 4.69) is 4.74 Å². The van der Waals surface area contributed by atoms with Crippen LogP contribution in [0.4, 0.5) is 4.39 Å². The van der Waals surface area contributed by atoms with Gasteiger partial charge >= 0.3 is 5.97 Å². The second-order valence-electron chi connectivity index (χ2n) is 2.87. The Balaban J connectivity index is 2.99. The van der Waals surface area contributed by atoms with Gasteiger partial charge in [0.2, 0.25) is 0 Å². The van der Waals surface area contributed by atoms with Crippen LogP contribution >= 0.6 is 0 Å². The third-order valence-electron chi connectivity index (χ3n) is 1.80. The van der Waals surface area contributed by atoms with Crippen LogP contribution in [0.3, 0.4) is 0 Å². The van der Waals surface area contributed by atoms with Gasteiger partial charge < -0.3 is 9.84 Å². The first-order chi connectivity index (χ1) is 7.56. The number of ether oxygens (including phenoxy) is 1. The average molecular weight is 224 g/mol. The lowest BCUT2D eigenvalue weighted by Gasteiger charge is -2.00. The molecule has 0 aliphatic carbocycles. The van der Waals surface area contributed by atoms with Crippen molar-refractivity contribution in [1.29, 1.82) is 0 Å². The predicted molar refractivity (Wildman–Crippen MR) is 54.0 cm³/mol. The number of aliphatic hydroxyl groups is 1. The molecule has 0 aromatic heterocycles. The second-order valence-corrected chi connectivity index (χ2v) is 2.87. The van der Waals surface area contributed by atoms with E-state index in [1.807, 2.05) is 0 Å². The molecule has 0 saturated carbocycles. The number of hydrogen-bond acceptors (Lipinski definition) is 4. The zero-order chi connectivity index (χ0) is 12.1. The van der Waals surface area contributed by atoms with Crippen LogP contribution in [-0.4, -0.2) is 24.0 Å². The number of methoxy groups -OCH3 is 1. The van der Waals surface area contributed by atoms with E-state index in [1.165, 1.54) is 18.2 Å². The molecule has 84 valence electrons. The van der Waals surface area contributed by atoms with Crippen LogP contribution in [0, 0.1) is 5.82 Å². The van der Waals surface area contributed by atoms with Crippen molar-refractivity contribution in [2.45, 2.75) is 0 Å². The normalized spacial score (nSPS) is 11.0. The highest BCUT2D eigenvalue weighted by Crippen LogP contribution is 2.15. The summed E-state index contributed by atoms with van der Waals surface area (Å²) < 4.78 is 17.3. The predicted octanol–water partition coefficient (Wildman–Crippen LogP) is 1.47. The van der Waals surface area contributed by atoms with Crippen LogP contribution in [0.15, 0.2) is 30.3 Å². The van der Waals surface area contributed by atoms with Gasteiger partial charge in [-0.1, -0.05) is 12.1 Å². The quantitative estimate of drug-likeness (QED) is 0.365. The molecule has 0 aliphatic rings. The zero-order valence-corrected chi connectivity index (χ0v) is 8.44. The maximum Gasteiger partial charge on any atom is 0.378 e. The smallest absolute Gasteiger partial charge is 0.378 e. The topological polar surface area (TPSA) is 63.6 Å². The summed E-state index contributed by atoms with van der Waals surface area (Å²) in [7, 11) is 1.04. The number of hydrogen-bond donors (Lipinski definition) is 1. The standard InChI is InChI=1S/C11H9FO4/c1-16-11(15)10(14)6-9(13)7-4-2-3-5-8(7)12/h2-6,13H,1H3. The maximum atomic E-state index is 13.1. The van der Waals surface area contributed by atoms with E-state index in [0.717, 1.165) is 13.2 Å². The highest BCUT2D eigenvalue weighted by molar-refractivity contribution is 6.39. The summed E-state index contributed by atoms with van der Waals surface area (Å²) in [4.78, 5) is 21.8. The molecule has 1 aromatic carbocycles. The Bertz CT molecular complexity index is 451. The summed E-state index contributed by atoms with van der Waals surface area (Å²) in [5.41, 5.74) is -0.153. The van der Waals surface area contributed by atoms with E-state index in [1.54, 1.807) is 0 Å². The van der Waals surface area contributed by atoms with Gasteiger partial charge in [0.05, 0.1) is 12.7 Å².